The van der Waals surface area contributed by atoms with Gasteiger partial charge in [-0.25, -0.2) is 0 Å². The van der Waals surface area contributed by atoms with Crippen LogP contribution < -0.4 is 0 Å². The van der Waals surface area contributed by atoms with E-state index in [2.05, 4.69) is 0 Å². The van der Waals surface area contributed by atoms with Crippen molar-refractivity contribution in [3.8, 4) is 0 Å². The predicted molar refractivity (Wildman–Crippen MR) is 81.5 cm³/mol. The molecule has 25 heavy (non-hydrogen) atoms. The van der Waals surface area contributed by atoms with Crippen molar-refractivity contribution >= 4 is 0 Å². The first kappa shape index (κ1) is 20.9. The highest BCUT2D eigenvalue weighted by molar-refractivity contribution is 4.93. The zero-order valence-electron chi connectivity index (χ0n) is 14.2. The van der Waals surface area contributed by atoms with E-state index >= 15 is 0 Å². The smallest absolute Gasteiger partial charge is 0.187 e. The third kappa shape index (κ3) is 4.66. The highest BCUT2D eigenvalue weighted by atomic mass is 16.7. The monoisotopic (exact) mass is 368 g/mol. The number of ether oxygens (including phenoxy) is 4. The van der Waals surface area contributed by atoms with E-state index in [4.69, 9.17) is 18.9 Å². The van der Waals surface area contributed by atoms with Gasteiger partial charge in [-0.3, -0.25) is 0 Å². The summed E-state index contributed by atoms with van der Waals surface area (Å²) in [6, 6.07) is 0. The molecule has 0 aromatic carbocycles. The summed E-state index contributed by atoms with van der Waals surface area (Å²) in [5, 5.41) is 59.2. The van der Waals surface area contributed by atoms with Crippen LogP contribution in [0, 0.1) is 0 Å². The summed E-state index contributed by atoms with van der Waals surface area (Å²) in [5.41, 5.74) is 0. The first-order valence-corrected chi connectivity index (χ1v) is 8.32. The van der Waals surface area contributed by atoms with Crippen molar-refractivity contribution in [1.29, 1.82) is 0 Å². The molecule has 2 aliphatic rings. The van der Waals surface area contributed by atoms with Gasteiger partial charge in [-0.2, -0.15) is 0 Å². The average Bonchev–Trinajstić information content (AvgIpc) is 2.57. The molecule has 10 heteroatoms. The van der Waals surface area contributed by atoms with E-state index in [-0.39, 0.29) is 12.7 Å². The lowest BCUT2D eigenvalue weighted by molar-refractivity contribution is -0.342. The van der Waals surface area contributed by atoms with Crippen LogP contribution in [0.25, 0.3) is 0 Å². The predicted octanol–water partition coefficient (Wildman–Crippen LogP) is -3.28. The van der Waals surface area contributed by atoms with E-state index in [0.29, 0.717) is 0 Å². The second-order valence-corrected chi connectivity index (χ2v) is 6.57. The van der Waals surface area contributed by atoms with Gasteiger partial charge in [-0.05, 0) is 13.8 Å². The third-order valence-corrected chi connectivity index (χ3v) is 4.30. The molecule has 6 N–H and O–H groups in total. The van der Waals surface area contributed by atoms with E-state index in [1.165, 1.54) is 0 Å². The van der Waals surface area contributed by atoms with Crippen molar-refractivity contribution in [1.82, 2.24) is 0 Å². The van der Waals surface area contributed by atoms with Crippen LogP contribution >= 0.6 is 0 Å². The molecular formula is C15H28O10. The molecule has 0 bridgehead atoms. The Morgan fingerprint density at radius 1 is 0.920 bits per heavy atom. The van der Waals surface area contributed by atoms with Gasteiger partial charge in [0.15, 0.2) is 6.29 Å². The highest BCUT2D eigenvalue weighted by Gasteiger charge is 2.49. The molecule has 10 nitrogen and oxygen atoms in total. The first-order valence-electron chi connectivity index (χ1n) is 8.32. The quantitative estimate of drug-likeness (QED) is 0.281. The molecule has 2 saturated heterocycles. The van der Waals surface area contributed by atoms with E-state index in [0.717, 1.165) is 0 Å². The van der Waals surface area contributed by atoms with Crippen molar-refractivity contribution in [3.63, 3.8) is 0 Å². The Morgan fingerprint density at radius 3 is 2.12 bits per heavy atom. The highest BCUT2D eigenvalue weighted by Crippen LogP contribution is 2.29. The molecule has 0 aromatic heterocycles. The van der Waals surface area contributed by atoms with E-state index in [1.807, 2.05) is 0 Å². The van der Waals surface area contributed by atoms with Crippen LogP contribution in [0.2, 0.25) is 0 Å². The Morgan fingerprint density at radius 2 is 1.56 bits per heavy atom. The molecule has 0 aromatic rings. The lowest BCUT2D eigenvalue weighted by Crippen LogP contribution is -2.63. The zero-order chi connectivity index (χ0) is 18.7. The summed E-state index contributed by atoms with van der Waals surface area (Å²) in [6.07, 6.45) is -11.3. The molecule has 2 rings (SSSR count). The standard InChI is InChI=1S/C15H28O10/c1-6(2)23-14-11(20)8(3-16)24-15(12(14)21)25-13-9(4-17)22-5-7(18)10(13)19/h6-21H,3-5H2,1-2H3/t7?,8?,9?,10?,11-,12?,13+,14?,15-/m0/s1. The number of rotatable bonds is 6. The van der Waals surface area contributed by atoms with Crippen molar-refractivity contribution in [2.24, 2.45) is 0 Å². The maximum absolute atomic E-state index is 10.4. The SMILES string of the molecule is CC(C)OC1C(O)[C@H](O[C@@H]2C(CO)OCC(O)C2O)OC(CO)[C@@H]1O. The fraction of sp³-hybridized carbons (Fsp3) is 1.00. The summed E-state index contributed by atoms with van der Waals surface area (Å²) >= 11 is 0. The number of hydrogen-bond donors (Lipinski definition) is 6. The van der Waals surface area contributed by atoms with Crippen molar-refractivity contribution in [2.45, 2.75) is 75.1 Å². The third-order valence-electron chi connectivity index (χ3n) is 4.30. The fourth-order valence-corrected chi connectivity index (χ4v) is 2.97. The maximum Gasteiger partial charge on any atom is 0.187 e. The maximum atomic E-state index is 10.4. The molecule has 2 fully saturated rings. The Labute approximate surface area is 145 Å². The van der Waals surface area contributed by atoms with Crippen LogP contribution in [0.15, 0.2) is 0 Å². The minimum Gasteiger partial charge on any atom is -0.394 e. The molecule has 0 amide bonds. The second kappa shape index (κ2) is 9.00. The summed E-state index contributed by atoms with van der Waals surface area (Å²) in [4.78, 5) is 0. The lowest BCUT2D eigenvalue weighted by atomic mass is 9.97. The van der Waals surface area contributed by atoms with E-state index < -0.39 is 68.3 Å². The van der Waals surface area contributed by atoms with Crippen LogP contribution in [0.1, 0.15) is 13.8 Å². The van der Waals surface area contributed by atoms with Gasteiger partial charge in [0.2, 0.25) is 0 Å². The van der Waals surface area contributed by atoms with E-state index in [1.54, 1.807) is 13.8 Å². The normalized spacial score (nSPS) is 45.7. The Kier molecular flexibility index (Phi) is 7.52. The van der Waals surface area contributed by atoms with Crippen molar-refractivity contribution in [2.75, 3.05) is 19.8 Å². The van der Waals surface area contributed by atoms with Crippen LogP contribution in [-0.4, -0.2) is 112 Å². The molecule has 0 radical (unpaired) electrons. The van der Waals surface area contributed by atoms with Gasteiger partial charge in [0.1, 0.15) is 48.8 Å². The van der Waals surface area contributed by atoms with Crippen molar-refractivity contribution in [3.05, 3.63) is 0 Å². The molecule has 0 aliphatic carbocycles. The molecule has 0 spiro atoms. The van der Waals surface area contributed by atoms with Gasteiger partial charge >= 0.3 is 0 Å². The summed E-state index contributed by atoms with van der Waals surface area (Å²) < 4.78 is 21.6. The molecule has 2 aliphatic heterocycles. The van der Waals surface area contributed by atoms with Crippen LogP contribution in [0.4, 0.5) is 0 Å². The van der Waals surface area contributed by atoms with Crippen LogP contribution in [0.5, 0.6) is 0 Å². The topological polar surface area (TPSA) is 158 Å². The second-order valence-electron chi connectivity index (χ2n) is 6.57. The van der Waals surface area contributed by atoms with Gasteiger partial charge in [0.05, 0.1) is 25.9 Å². The van der Waals surface area contributed by atoms with E-state index in [9.17, 15) is 30.6 Å². The number of aliphatic hydroxyl groups is 6. The molecule has 148 valence electrons. The first-order chi connectivity index (χ1) is 11.8. The number of hydrogen-bond acceptors (Lipinski definition) is 10. The van der Waals surface area contributed by atoms with Gasteiger partial charge in [-0.1, -0.05) is 0 Å². The summed E-state index contributed by atoms with van der Waals surface area (Å²) in [6.45, 7) is 2.25. The minimum absolute atomic E-state index is 0.169. The zero-order valence-corrected chi connectivity index (χ0v) is 14.2. The minimum atomic E-state index is -1.43. The Hall–Kier alpha value is -0.400. The Bertz CT molecular complexity index is 406. The van der Waals surface area contributed by atoms with Gasteiger partial charge in [0, 0.05) is 0 Å². The number of aliphatic hydroxyl groups excluding tert-OH is 6. The summed E-state index contributed by atoms with van der Waals surface area (Å²) in [7, 11) is 0. The molecule has 0 saturated carbocycles. The average molecular weight is 368 g/mol. The lowest BCUT2D eigenvalue weighted by Gasteiger charge is -2.45. The Balaban J connectivity index is 2.15. The van der Waals surface area contributed by atoms with Gasteiger partial charge < -0.3 is 49.6 Å². The van der Waals surface area contributed by atoms with Gasteiger partial charge in [-0.15, -0.1) is 0 Å². The molecule has 2 heterocycles. The molecule has 9 atom stereocenters. The van der Waals surface area contributed by atoms with Crippen LogP contribution in [-0.2, 0) is 18.9 Å². The fourth-order valence-electron chi connectivity index (χ4n) is 2.97. The van der Waals surface area contributed by atoms with Crippen LogP contribution in [0.3, 0.4) is 0 Å². The summed E-state index contributed by atoms with van der Waals surface area (Å²) in [5.74, 6) is 0. The molecular weight excluding hydrogens is 340 g/mol. The molecule has 6 unspecified atom stereocenters. The largest absolute Gasteiger partial charge is 0.394 e. The van der Waals surface area contributed by atoms with Crippen molar-refractivity contribution < 1.29 is 49.6 Å². The van der Waals surface area contributed by atoms with Gasteiger partial charge in [0.25, 0.3) is 0 Å².